The lowest BCUT2D eigenvalue weighted by Gasteiger charge is -2.28. The number of hydrogen-bond acceptors (Lipinski definition) is 3. The normalized spacial score (nSPS) is 21.3. The van der Waals surface area contributed by atoms with E-state index in [-0.39, 0.29) is 0 Å². The average molecular weight is 233 g/mol. The highest BCUT2D eigenvalue weighted by Crippen LogP contribution is 2.22. The monoisotopic (exact) mass is 233 g/mol. The van der Waals surface area contributed by atoms with Gasteiger partial charge in [-0.2, -0.15) is 0 Å². The van der Waals surface area contributed by atoms with Gasteiger partial charge in [-0.1, -0.05) is 18.9 Å². The van der Waals surface area contributed by atoms with Crippen LogP contribution in [0.1, 0.15) is 38.2 Å². The molecule has 1 atom stereocenters. The SMILES string of the molecule is CNCc1ccc(N2CCCCCC2C)nc1. The maximum Gasteiger partial charge on any atom is 0.128 e. The Morgan fingerprint density at radius 3 is 2.94 bits per heavy atom. The van der Waals surface area contributed by atoms with Gasteiger partial charge in [0, 0.05) is 25.3 Å². The van der Waals surface area contributed by atoms with Gasteiger partial charge in [0.25, 0.3) is 0 Å². The van der Waals surface area contributed by atoms with Gasteiger partial charge in [-0.3, -0.25) is 0 Å². The molecule has 2 rings (SSSR count). The number of nitrogens with zero attached hydrogens (tertiary/aromatic N) is 2. The molecule has 1 fully saturated rings. The van der Waals surface area contributed by atoms with E-state index in [4.69, 9.17) is 0 Å². The zero-order valence-electron chi connectivity index (χ0n) is 10.9. The van der Waals surface area contributed by atoms with E-state index in [9.17, 15) is 0 Å². The molecule has 0 aliphatic carbocycles. The summed E-state index contributed by atoms with van der Waals surface area (Å²) in [5.74, 6) is 1.14. The lowest BCUT2D eigenvalue weighted by molar-refractivity contribution is 0.611. The molecule has 1 aliphatic heterocycles. The molecule has 0 amide bonds. The van der Waals surface area contributed by atoms with Crippen LogP contribution in [-0.4, -0.2) is 24.6 Å². The van der Waals surface area contributed by atoms with E-state index in [0.717, 1.165) is 18.9 Å². The van der Waals surface area contributed by atoms with Crippen molar-refractivity contribution in [2.75, 3.05) is 18.5 Å². The Bertz CT molecular complexity index is 334. The Morgan fingerprint density at radius 1 is 1.35 bits per heavy atom. The second-order valence-electron chi connectivity index (χ2n) is 4.95. The Morgan fingerprint density at radius 2 is 2.24 bits per heavy atom. The number of hydrogen-bond donors (Lipinski definition) is 1. The van der Waals surface area contributed by atoms with Gasteiger partial charge in [0.2, 0.25) is 0 Å². The maximum atomic E-state index is 4.60. The third kappa shape index (κ3) is 3.19. The van der Waals surface area contributed by atoms with Gasteiger partial charge in [-0.15, -0.1) is 0 Å². The molecule has 3 heteroatoms. The number of anilines is 1. The van der Waals surface area contributed by atoms with Crippen molar-refractivity contribution < 1.29 is 0 Å². The Labute approximate surface area is 104 Å². The fourth-order valence-corrected chi connectivity index (χ4v) is 2.51. The van der Waals surface area contributed by atoms with Crippen molar-refractivity contribution in [2.24, 2.45) is 0 Å². The average Bonchev–Trinajstić information content (AvgIpc) is 2.56. The molecule has 1 unspecified atom stereocenters. The summed E-state index contributed by atoms with van der Waals surface area (Å²) < 4.78 is 0. The van der Waals surface area contributed by atoms with Crippen LogP contribution < -0.4 is 10.2 Å². The van der Waals surface area contributed by atoms with Gasteiger partial charge in [-0.05, 0) is 38.4 Å². The fourth-order valence-electron chi connectivity index (χ4n) is 2.51. The van der Waals surface area contributed by atoms with Crippen LogP contribution in [-0.2, 0) is 6.54 Å². The second-order valence-corrected chi connectivity index (χ2v) is 4.95. The molecule has 0 spiro atoms. The first kappa shape index (κ1) is 12.4. The van der Waals surface area contributed by atoms with Crippen LogP contribution >= 0.6 is 0 Å². The Hall–Kier alpha value is -1.09. The van der Waals surface area contributed by atoms with Gasteiger partial charge in [0.05, 0.1) is 0 Å². The zero-order chi connectivity index (χ0) is 12.1. The third-order valence-electron chi connectivity index (χ3n) is 3.54. The van der Waals surface area contributed by atoms with Gasteiger partial charge in [0.15, 0.2) is 0 Å². The molecule has 0 bridgehead atoms. The van der Waals surface area contributed by atoms with E-state index >= 15 is 0 Å². The summed E-state index contributed by atoms with van der Waals surface area (Å²) in [5.41, 5.74) is 1.25. The molecule has 1 saturated heterocycles. The van der Waals surface area contributed by atoms with E-state index < -0.39 is 0 Å². The molecule has 1 N–H and O–H groups in total. The van der Waals surface area contributed by atoms with Crippen LogP contribution in [0.25, 0.3) is 0 Å². The van der Waals surface area contributed by atoms with Crippen molar-refractivity contribution in [1.82, 2.24) is 10.3 Å². The summed E-state index contributed by atoms with van der Waals surface area (Å²) in [7, 11) is 1.96. The second kappa shape index (κ2) is 6.01. The summed E-state index contributed by atoms with van der Waals surface area (Å²) in [6, 6.07) is 4.96. The molecule has 1 aromatic rings. The van der Waals surface area contributed by atoms with E-state index in [1.807, 2.05) is 13.2 Å². The van der Waals surface area contributed by atoms with Crippen LogP contribution in [0, 0.1) is 0 Å². The van der Waals surface area contributed by atoms with Crippen LogP contribution in [0.3, 0.4) is 0 Å². The van der Waals surface area contributed by atoms with Crippen LogP contribution in [0.15, 0.2) is 18.3 Å². The highest BCUT2D eigenvalue weighted by Gasteiger charge is 2.17. The Balaban J connectivity index is 2.09. The largest absolute Gasteiger partial charge is 0.354 e. The standard InChI is InChI=1S/C14H23N3/c1-12-6-4-3-5-9-17(12)14-8-7-13(10-15-2)11-16-14/h7-8,11-12,15H,3-6,9-10H2,1-2H3. The van der Waals surface area contributed by atoms with Crippen LogP contribution in [0.2, 0.25) is 0 Å². The summed E-state index contributed by atoms with van der Waals surface area (Å²) in [5, 5.41) is 3.15. The van der Waals surface area contributed by atoms with Gasteiger partial charge in [0.1, 0.15) is 5.82 Å². The lowest BCUT2D eigenvalue weighted by atomic mass is 10.1. The first-order chi connectivity index (χ1) is 8.31. The summed E-state index contributed by atoms with van der Waals surface area (Å²) >= 11 is 0. The summed E-state index contributed by atoms with van der Waals surface area (Å²) in [6.07, 6.45) is 7.29. The highest BCUT2D eigenvalue weighted by molar-refractivity contribution is 5.40. The molecule has 17 heavy (non-hydrogen) atoms. The minimum Gasteiger partial charge on any atom is -0.354 e. The predicted octanol–water partition coefficient (Wildman–Crippen LogP) is 2.57. The van der Waals surface area contributed by atoms with Crippen molar-refractivity contribution in [3.8, 4) is 0 Å². The molecule has 1 aromatic heterocycles. The van der Waals surface area contributed by atoms with E-state index in [0.29, 0.717) is 6.04 Å². The van der Waals surface area contributed by atoms with E-state index in [1.165, 1.54) is 31.2 Å². The molecular weight excluding hydrogens is 210 g/mol. The predicted molar refractivity (Wildman–Crippen MR) is 72.3 cm³/mol. The van der Waals surface area contributed by atoms with Gasteiger partial charge >= 0.3 is 0 Å². The van der Waals surface area contributed by atoms with Crippen LogP contribution in [0.4, 0.5) is 5.82 Å². The minimum absolute atomic E-state index is 0.625. The maximum absolute atomic E-state index is 4.60. The van der Waals surface area contributed by atoms with Crippen molar-refractivity contribution in [2.45, 2.75) is 45.2 Å². The van der Waals surface area contributed by atoms with E-state index in [1.54, 1.807) is 0 Å². The smallest absolute Gasteiger partial charge is 0.128 e. The molecular formula is C14H23N3. The fraction of sp³-hybridized carbons (Fsp3) is 0.643. The molecule has 0 aromatic carbocycles. The molecule has 0 radical (unpaired) electrons. The Kier molecular flexibility index (Phi) is 4.37. The van der Waals surface area contributed by atoms with E-state index in [2.05, 4.69) is 34.3 Å². The van der Waals surface area contributed by atoms with Crippen LogP contribution in [0.5, 0.6) is 0 Å². The molecule has 1 aliphatic rings. The van der Waals surface area contributed by atoms with Gasteiger partial charge < -0.3 is 10.2 Å². The first-order valence-electron chi connectivity index (χ1n) is 6.67. The molecule has 2 heterocycles. The number of rotatable bonds is 3. The molecule has 3 nitrogen and oxygen atoms in total. The van der Waals surface area contributed by atoms with Crippen molar-refractivity contribution in [1.29, 1.82) is 0 Å². The lowest BCUT2D eigenvalue weighted by Crippen LogP contribution is -2.33. The number of pyridine rings is 1. The van der Waals surface area contributed by atoms with Crippen molar-refractivity contribution in [3.05, 3.63) is 23.9 Å². The topological polar surface area (TPSA) is 28.2 Å². The summed E-state index contributed by atoms with van der Waals surface area (Å²) in [4.78, 5) is 7.05. The first-order valence-corrected chi connectivity index (χ1v) is 6.67. The molecule has 94 valence electrons. The molecule has 0 saturated carbocycles. The van der Waals surface area contributed by atoms with Crippen molar-refractivity contribution in [3.63, 3.8) is 0 Å². The highest BCUT2D eigenvalue weighted by atomic mass is 15.2. The minimum atomic E-state index is 0.625. The third-order valence-corrected chi connectivity index (χ3v) is 3.54. The number of aromatic nitrogens is 1. The quantitative estimate of drug-likeness (QED) is 0.869. The number of nitrogens with one attached hydrogen (secondary N) is 1. The van der Waals surface area contributed by atoms with Crippen molar-refractivity contribution >= 4 is 5.82 Å². The summed E-state index contributed by atoms with van der Waals surface area (Å²) in [6.45, 7) is 4.36. The van der Waals surface area contributed by atoms with Gasteiger partial charge in [-0.25, -0.2) is 4.98 Å². The zero-order valence-corrected chi connectivity index (χ0v) is 10.9.